The van der Waals surface area contributed by atoms with Gasteiger partial charge in [0.15, 0.2) is 0 Å². The molecule has 0 aliphatic heterocycles. The molecule has 5 N–H and O–H groups in total. The molecule has 0 saturated heterocycles. The lowest BCUT2D eigenvalue weighted by atomic mass is 10.1. The van der Waals surface area contributed by atoms with E-state index in [1.54, 1.807) is 0 Å². The summed E-state index contributed by atoms with van der Waals surface area (Å²) in [7, 11) is -3.82. The summed E-state index contributed by atoms with van der Waals surface area (Å²) < 4.78 is 22.4. The molecule has 1 unspecified atom stereocenters. The monoisotopic (exact) mass is 229 g/mol. The molecule has 0 heterocycles. The molecule has 6 heteroatoms. The maximum absolute atomic E-state index is 11.2. The first kappa shape index (κ1) is 12.1. The quantitative estimate of drug-likeness (QED) is 0.648. The average molecular weight is 229 g/mol. The zero-order valence-corrected chi connectivity index (χ0v) is 8.87. The van der Waals surface area contributed by atoms with Crippen LogP contribution in [-0.4, -0.2) is 20.1 Å². The summed E-state index contributed by atoms with van der Waals surface area (Å²) in [5.74, 6) is 0. The van der Waals surface area contributed by atoms with Crippen LogP contribution in [0, 0.1) is 6.07 Å². The molecular weight excluding hydrogens is 216 g/mol. The molecule has 1 atom stereocenters. The van der Waals surface area contributed by atoms with Crippen LogP contribution in [0.15, 0.2) is 23.1 Å². The lowest BCUT2D eigenvalue weighted by molar-refractivity contribution is 0.167. The summed E-state index contributed by atoms with van der Waals surface area (Å²) in [6.45, 7) is 0.264. The number of hydrogen-bond acceptors (Lipinski definition) is 4. The van der Waals surface area contributed by atoms with E-state index in [-0.39, 0.29) is 23.4 Å². The Balaban J connectivity index is 3.18. The Morgan fingerprint density at radius 1 is 1.53 bits per heavy atom. The van der Waals surface area contributed by atoms with Crippen molar-refractivity contribution in [1.82, 2.24) is 0 Å². The highest BCUT2D eigenvalue weighted by molar-refractivity contribution is 7.89. The lowest BCUT2D eigenvalue weighted by Crippen LogP contribution is -2.17. The minimum atomic E-state index is -3.82. The van der Waals surface area contributed by atoms with E-state index in [1.807, 2.05) is 0 Å². The fourth-order valence-corrected chi connectivity index (χ4v) is 2.04. The summed E-state index contributed by atoms with van der Waals surface area (Å²) in [5, 5.41) is 14.7. The lowest BCUT2D eigenvalue weighted by Gasteiger charge is -2.12. The summed E-state index contributed by atoms with van der Waals surface area (Å²) in [5.41, 5.74) is 5.52. The van der Waals surface area contributed by atoms with Gasteiger partial charge >= 0.3 is 0 Å². The molecule has 0 bridgehead atoms. The van der Waals surface area contributed by atoms with Crippen LogP contribution in [0.5, 0.6) is 0 Å². The van der Waals surface area contributed by atoms with E-state index in [9.17, 15) is 13.5 Å². The van der Waals surface area contributed by atoms with Gasteiger partial charge in [-0.05, 0) is 31.2 Å². The molecule has 15 heavy (non-hydrogen) atoms. The Hall–Kier alpha value is -0.950. The van der Waals surface area contributed by atoms with Crippen molar-refractivity contribution in [3.8, 4) is 0 Å². The average Bonchev–Trinajstić information content (AvgIpc) is 2.17. The second kappa shape index (κ2) is 4.71. The minimum absolute atomic E-state index is 0.0813. The van der Waals surface area contributed by atoms with Crippen LogP contribution in [0.25, 0.3) is 0 Å². The topological polar surface area (TPSA) is 106 Å². The Kier molecular flexibility index (Phi) is 3.81. The molecule has 0 fully saturated rings. The van der Waals surface area contributed by atoms with Crippen LogP contribution in [0.1, 0.15) is 18.1 Å². The molecular formula is C9H13N2O3S. The Bertz CT molecular complexity index is 431. The second-order valence-electron chi connectivity index (χ2n) is 3.10. The fraction of sp³-hybridized carbons (Fsp3) is 0.333. The van der Waals surface area contributed by atoms with Crippen LogP contribution in [0.2, 0.25) is 0 Å². The minimum Gasteiger partial charge on any atom is -0.388 e. The van der Waals surface area contributed by atoms with E-state index >= 15 is 0 Å². The van der Waals surface area contributed by atoms with Gasteiger partial charge in [0.25, 0.3) is 0 Å². The number of benzene rings is 1. The van der Waals surface area contributed by atoms with Gasteiger partial charge < -0.3 is 10.8 Å². The number of aliphatic hydroxyl groups is 1. The van der Waals surface area contributed by atoms with Gasteiger partial charge in [-0.3, -0.25) is 0 Å². The van der Waals surface area contributed by atoms with Crippen molar-refractivity contribution in [1.29, 1.82) is 0 Å². The van der Waals surface area contributed by atoms with Crippen LogP contribution in [0.3, 0.4) is 0 Å². The third kappa shape index (κ3) is 3.00. The van der Waals surface area contributed by atoms with Gasteiger partial charge in [-0.25, -0.2) is 13.6 Å². The normalized spacial score (nSPS) is 13.8. The van der Waals surface area contributed by atoms with Crippen molar-refractivity contribution in [2.45, 2.75) is 17.4 Å². The first-order valence-corrected chi connectivity index (χ1v) is 5.92. The molecule has 1 radical (unpaired) electrons. The Morgan fingerprint density at radius 3 is 2.73 bits per heavy atom. The Morgan fingerprint density at radius 2 is 2.20 bits per heavy atom. The van der Waals surface area contributed by atoms with Gasteiger partial charge in [0.05, 0.1) is 11.0 Å². The number of nitrogens with two attached hydrogens (primary N) is 2. The zero-order chi connectivity index (χ0) is 11.5. The highest BCUT2D eigenvalue weighted by Gasteiger charge is 2.18. The smallest absolute Gasteiger partial charge is 0.238 e. The highest BCUT2D eigenvalue weighted by atomic mass is 32.2. The third-order valence-corrected chi connectivity index (χ3v) is 2.94. The SMILES string of the molecule is NCCC(O)c1c[c]ccc1S(N)(=O)=O. The van der Waals surface area contributed by atoms with Crippen LogP contribution in [0.4, 0.5) is 0 Å². The van der Waals surface area contributed by atoms with Crippen molar-refractivity contribution >= 4 is 10.0 Å². The number of hydrogen-bond donors (Lipinski definition) is 3. The molecule has 0 amide bonds. The predicted molar refractivity (Wildman–Crippen MR) is 55.3 cm³/mol. The number of primary sulfonamides is 1. The van der Waals surface area contributed by atoms with Crippen LogP contribution >= 0.6 is 0 Å². The van der Waals surface area contributed by atoms with E-state index in [4.69, 9.17) is 10.9 Å². The molecule has 0 aromatic heterocycles. The largest absolute Gasteiger partial charge is 0.388 e. The maximum Gasteiger partial charge on any atom is 0.238 e. The number of rotatable bonds is 4. The van der Waals surface area contributed by atoms with E-state index in [0.29, 0.717) is 0 Å². The molecule has 0 spiro atoms. The molecule has 5 nitrogen and oxygen atoms in total. The molecule has 1 aromatic rings. The fourth-order valence-electron chi connectivity index (χ4n) is 1.26. The number of sulfonamides is 1. The summed E-state index contributed by atoms with van der Waals surface area (Å²) in [6, 6.07) is 6.83. The molecule has 0 saturated carbocycles. The third-order valence-electron chi connectivity index (χ3n) is 1.96. The van der Waals surface area contributed by atoms with Gasteiger partial charge in [-0.1, -0.05) is 6.07 Å². The zero-order valence-electron chi connectivity index (χ0n) is 8.05. The molecule has 0 aliphatic rings. The van der Waals surface area contributed by atoms with Crippen molar-refractivity contribution in [2.24, 2.45) is 10.9 Å². The first-order valence-electron chi connectivity index (χ1n) is 4.37. The van der Waals surface area contributed by atoms with Gasteiger partial charge in [-0.15, -0.1) is 0 Å². The molecule has 1 aromatic carbocycles. The second-order valence-corrected chi connectivity index (χ2v) is 4.63. The van der Waals surface area contributed by atoms with E-state index in [2.05, 4.69) is 6.07 Å². The van der Waals surface area contributed by atoms with E-state index in [0.717, 1.165) is 0 Å². The van der Waals surface area contributed by atoms with Gasteiger partial charge in [0, 0.05) is 5.56 Å². The first-order chi connectivity index (χ1) is 6.96. The van der Waals surface area contributed by atoms with Crippen molar-refractivity contribution in [2.75, 3.05) is 6.54 Å². The predicted octanol–water partition coefficient (Wildman–Crippen LogP) is -0.484. The van der Waals surface area contributed by atoms with Crippen molar-refractivity contribution in [3.05, 3.63) is 29.8 Å². The maximum atomic E-state index is 11.2. The van der Waals surface area contributed by atoms with Gasteiger partial charge in [0.2, 0.25) is 10.0 Å². The van der Waals surface area contributed by atoms with Crippen molar-refractivity contribution < 1.29 is 13.5 Å². The highest BCUT2D eigenvalue weighted by Crippen LogP contribution is 2.22. The van der Waals surface area contributed by atoms with Gasteiger partial charge in [-0.2, -0.15) is 0 Å². The summed E-state index contributed by atoms with van der Waals surface area (Å²) in [4.78, 5) is -0.0813. The van der Waals surface area contributed by atoms with Gasteiger partial charge in [0.1, 0.15) is 0 Å². The summed E-state index contributed by atoms with van der Waals surface area (Å²) >= 11 is 0. The Labute approximate surface area is 88.8 Å². The van der Waals surface area contributed by atoms with Crippen molar-refractivity contribution in [3.63, 3.8) is 0 Å². The van der Waals surface area contributed by atoms with Crippen LogP contribution in [-0.2, 0) is 10.0 Å². The van der Waals surface area contributed by atoms with E-state index < -0.39 is 16.1 Å². The molecule has 0 aliphatic carbocycles. The van der Waals surface area contributed by atoms with E-state index in [1.165, 1.54) is 18.2 Å². The molecule has 1 rings (SSSR count). The summed E-state index contributed by atoms with van der Waals surface area (Å²) in [6.07, 6.45) is -0.652. The molecule has 83 valence electrons. The standard InChI is InChI=1S/C9H13N2O3S/c10-6-5-8(12)7-3-1-2-4-9(7)15(11,13)14/h2-4,8,12H,5-6,10H2,(H2,11,13,14). The number of aliphatic hydroxyl groups excluding tert-OH is 1. The van der Waals surface area contributed by atoms with Crippen LogP contribution < -0.4 is 10.9 Å².